The largest absolute Gasteiger partial charge is 0.468 e. The minimum absolute atomic E-state index is 0.102. The van der Waals surface area contributed by atoms with Crippen LogP contribution in [0.3, 0.4) is 0 Å². The van der Waals surface area contributed by atoms with E-state index >= 15 is 0 Å². The highest BCUT2D eigenvalue weighted by Gasteiger charge is 2.38. The molecule has 0 amide bonds. The molecule has 2 fully saturated rings. The lowest BCUT2D eigenvalue weighted by Crippen LogP contribution is -2.24. The van der Waals surface area contributed by atoms with E-state index in [0.717, 1.165) is 55.7 Å². The minimum Gasteiger partial charge on any atom is -0.468 e. The fourth-order valence-corrected chi connectivity index (χ4v) is 7.48. The van der Waals surface area contributed by atoms with Gasteiger partial charge in [-0.1, -0.05) is 52.7 Å². The predicted octanol–water partition coefficient (Wildman–Crippen LogP) is 7.20. The molecule has 3 aliphatic rings. The number of nitrogens with zero attached hydrogens (tertiary/aromatic N) is 2. The SMILES string of the molecule is COCOc1cc(C2Cc3nc(SC)nc(C4CC5CCC(C5)C4)c3CO2)c2c(Br)cccc2c1. The van der Waals surface area contributed by atoms with E-state index < -0.39 is 0 Å². The molecule has 35 heavy (non-hydrogen) atoms. The van der Waals surface area contributed by atoms with Crippen LogP contribution in [-0.2, 0) is 22.5 Å². The van der Waals surface area contributed by atoms with Crippen molar-refractivity contribution in [2.75, 3.05) is 20.2 Å². The predicted molar refractivity (Wildman–Crippen MR) is 142 cm³/mol. The van der Waals surface area contributed by atoms with Gasteiger partial charge in [-0.25, -0.2) is 9.97 Å². The summed E-state index contributed by atoms with van der Waals surface area (Å²) in [6.45, 7) is 0.773. The molecule has 2 aromatic carbocycles. The van der Waals surface area contributed by atoms with Gasteiger partial charge in [-0.05, 0) is 66.5 Å². The van der Waals surface area contributed by atoms with Gasteiger partial charge in [0.1, 0.15) is 5.75 Å². The first-order valence-electron chi connectivity index (χ1n) is 12.5. The first kappa shape index (κ1) is 23.7. The first-order valence-corrected chi connectivity index (χ1v) is 14.5. The second kappa shape index (κ2) is 10.0. The van der Waals surface area contributed by atoms with Crippen LogP contribution in [0.1, 0.15) is 66.6 Å². The Kier molecular flexibility index (Phi) is 6.78. The molecule has 3 aromatic rings. The van der Waals surface area contributed by atoms with Gasteiger partial charge in [0.2, 0.25) is 0 Å². The Morgan fingerprint density at radius 3 is 2.71 bits per heavy atom. The second-order valence-corrected chi connectivity index (χ2v) is 11.8. The third kappa shape index (κ3) is 4.61. The van der Waals surface area contributed by atoms with E-state index in [1.165, 1.54) is 43.4 Å². The number of benzene rings is 2. The number of methoxy groups -OCH3 is 1. The molecule has 0 spiro atoms. The van der Waals surface area contributed by atoms with E-state index in [-0.39, 0.29) is 12.9 Å². The quantitative estimate of drug-likeness (QED) is 0.182. The number of hydrogen-bond acceptors (Lipinski definition) is 6. The molecule has 3 atom stereocenters. The zero-order valence-corrected chi connectivity index (χ0v) is 22.7. The van der Waals surface area contributed by atoms with E-state index in [1.54, 1.807) is 18.9 Å². The number of hydrogen-bond donors (Lipinski definition) is 0. The van der Waals surface area contributed by atoms with Gasteiger partial charge in [-0.15, -0.1) is 0 Å². The monoisotopic (exact) mass is 554 g/mol. The third-order valence-corrected chi connectivity index (χ3v) is 9.20. The van der Waals surface area contributed by atoms with Crippen LogP contribution in [0.4, 0.5) is 0 Å². The van der Waals surface area contributed by atoms with Crippen molar-refractivity contribution in [3.05, 3.63) is 57.3 Å². The molecule has 2 aliphatic carbocycles. The zero-order chi connectivity index (χ0) is 23.9. The molecule has 6 rings (SSSR count). The van der Waals surface area contributed by atoms with Crippen LogP contribution in [0.15, 0.2) is 40.0 Å². The van der Waals surface area contributed by atoms with Crippen molar-refractivity contribution in [2.24, 2.45) is 11.8 Å². The summed E-state index contributed by atoms with van der Waals surface area (Å²) < 4.78 is 18.6. The van der Waals surface area contributed by atoms with Gasteiger partial charge in [0, 0.05) is 34.9 Å². The van der Waals surface area contributed by atoms with Crippen molar-refractivity contribution in [1.82, 2.24) is 9.97 Å². The van der Waals surface area contributed by atoms with Crippen LogP contribution < -0.4 is 4.74 Å². The molecule has 3 unspecified atom stereocenters. The summed E-state index contributed by atoms with van der Waals surface area (Å²) in [4.78, 5) is 10.1. The van der Waals surface area contributed by atoms with Gasteiger partial charge in [0.15, 0.2) is 11.9 Å². The van der Waals surface area contributed by atoms with Gasteiger partial charge in [0.05, 0.1) is 24.1 Å². The van der Waals surface area contributed by atoms with Gasteiger partial charge in [-0.2, -0.15) is 0 Å². The van der Waals surface area contributed by atoms with Gasteiger partial charge in [-0.3, -0.25) is 0 Å². The fraction of sp³-hybridized carbons (Fsp3) is 0.500. The summed E-state index contributed by atoms with van der Waals surface area (Å²) in [5.74, 6) is 3.08. The second-order valence-electron chi connectivity index (χ2n) is 10.1. The number of aromatic nitrogens is 2. The van der Waals surface area contributed by atoms with Crippen molar-refractivity contribution < 1.29 is 14.2 Å². The highest BCUT2D eigenvalue weighted by molar-refractivity contribution is 9.10. The first-order chi connectivity index (χ1) is 17.1. The summed E-state index contributed by atoms with van der Waals surface area (Å²) in [5, 5.41) is 3.16. The molecule has 5 nitrogen and oxygen atoms in total. The summed E-state index contributed by atoms with van der Waals surface area (Å²) in [5.41, 5.74) is 4.77. The van der Waals surface area contributed by atoms with E-state index in [1.807, 2.05) is 0 Å². The number of halogens is 1. The average Bonchev–Trinajstić information content (AvgIpc) is 3.23. The average molecular weight is 556 g/mol. The summed E-state index contributed by atoms with van der Waals surface area (Å²) >= 11 is 5.42. The summed E-state index contributed by atoms with van der Waals surface area (Å²) in [6, 6.07) is 10.4. The molecule has 1 aromatic heterocycles. The van der Waals surface area contributed by atoms with Crippen molar-refractivity contribution in [1.29, 1.82) is 0 Å². The van der Waals surface area contributed by atoms with Crippen molar-refractivity contribution in [3.63, 3.8) is 0 Å². The molecule has 2 heterocycles. The molecule has 0 radical (unpaired) electrons. The van der Waals surface area contributed by atoms with Crippen LogP contribution >= 0.6 is 27.7 Å². The number of thioether (sulfide) groups is 1. The lowest BCUT2D eigenvalue weighted by Gasteiger charge is -2.32. The minimum atomic E-state index is -0.102. The Labute approximate surface area is 219 Å². The smallest absolute Gasteiger partial charge is 0.188 e. The molecule has 0 saturated heterocycles. The summed E-state index contributed by atoms with van der Waals surface area (Å²) in [6.07, 6.45) is 9.46. The highest BCUT2D eigenvalue weighted by Crippen LogP contribution is 2.49. The molecule has 0 N–H and O–H groups in total. The van der Waals surface area contributed by atoms with Crippen LogP contribution in [-0.4, -0.2) is 30.1 Å². The van der Waals surface area contributed by atoms with E-state index in [4.69, 9.17) is 24.2 Å². The van der Waals surface area contributed by atoms with E-state index in [9.17, 15) is 0 Å². The third-order valence-electron chi connectivity index (χ3n) is 7.99. The lowest BCUT2D eigenvalue weighted by atomic mass is 9.78. The maximum absolute atomic E-state index is 6.59. The molecule has 2 bridgehead atoms. The van der Waals surface area contributed by atoms with Crippen LogP contribution in [0.2, 0.25) is 0 Å². The van der Waals surface area contributed by atoms with Gasteiger partial charge >= 0.3 is 0 Å². The Morgan fingerprint density at radius 2 is 1.94 bits per heavy atom. The molecule has 7 heteroatoms. The Bertz CT molecular complexity index is 1240. The summed E-state index contributed by atoms with van der Waals surface area (Å²) in [7, 11) is 1.64. The molecule has 184 valence electrons. The Balaban J connectivity index is 1.38. The van der Waals surface area contributed by atoms with Crippen LogP contribution in [0, 0.1) is 11.8 Å². The lowest BCUT2D eigenvalue weighted by molar-refractivity contribution is 0.0244. The molecule has 2 saturated carbocycles. The number of fused-ring (bicyclic) bond motifs is 4. The van der Waals surface area contributed by atoms with E-state index in [0.29, 0.717) is 12.5 Å². The number of rotatable bonds is 6. The van der Waals surface area contributed by atoms with Crippen LogP contribution in [0.5, 0.6) is 5.75 Å². The highest BCUT2D eigenvalue weighted by atomic mass is 79.9. The molecule has 1 aliphatic heterocycles. The van der Waals surface area contributed by atoms with Crippen molar-refractivity contribution in [2.45, 2.75) is 62.3 Å². The fourth-order valence-electron chi connectivity index (χ4n) is 6.48. The van der Waals surface area contributed by atoms with Gasteiger partial charge in [0.25, 0.3) is 0 Å². The standard InChI is InChI=1S/C28H31BrN2O3S/c1-32-15-34-20-11-18-4-3-5-23(29)26(18)21(12-20)25-13-24-22(14-33-25)27(31-28(30-24)35-2)19-9-16-6-7-17(8-16)10-19/h3-5,11-12,16-17,19,25H,6-10,13-15H2,1-2H3. The molecular formula is C28H31BrN2O3S. The maximum Gasteiger partial charge on any atom is 0.188 e. The Hall–Kier alpha value is -1.67. The zero-order valence-electron chi connectivity index (χ0n) is 20.3. The van der Waals surface area contributed by atoms with Gasteiger partial charge < -0.3 is 14.2 Å². The normalized spacial score (nSPS) is 25.6. The van der Waals surface area contributed by atoms with Crippen molar-refractivity contribution in [3.8, 4) is 5.75 Å². The van der Waals surface area contributed by atoms with E-state index in [2.05, 4.69) is 52.5 Å². The maximum atomic E-state index is 6.59. The van der Waals surface area contributed by atoms with Crippen molar-refractivity contribution >= 4 is 38.5 Å². The van der Waals surface area contributed by atoms with Crippen LogP contribution in [0.25, 0.3) is 10.8 Å². The topological polar surface area (TPSA) is 53.5 Å². The Morgan fingerprint density at radius 1 is 1.11 bits per heavy atom. The molecular weight excluding hydrogens is 524 g/mol. The number of ether oxygens (including phenoxy) is 3.